The van der Waals surface area contributed by atoms with Crippen molar-refractivity contribution in [3.05, 3.63) is 28.8 Å². The van der Waals surface area contributed by atoms with Gasteiger partial charge < -0.3 is 15.8 Å². The van der Waals surface area contributed by atoms with Crippen LogP contribution in [0.4, 0.5) is 5.69 Å². The molecule has 1 aromatic carbocycles. The van der Waals surface area contributed by atoms with Crippen molar-refractivity contribution < 1.29 is 9.53 Å². The van der Waals surface area contributed by atoms with Gasteiger partial charge in [-0.25, -0.2) is 0 Å². The van der Waals surface area contributed by atoms with E-state index in [1.165, 1.54) is 0 Å². The van der Waals surface area contributed by atoms with E-state index in [1.807, 2.05) is 6.92 Å². The Morgan fingerprint density at radius 3 is 3.00 bits per heavy atom. The number of halogens is 1. The molecule has 0 aliphatic carbocycles. The lowest BCUT2D eigenvalue weighted by atomic mass is 10.0. The molecule has 0 saturated carbocycles. The van der Waals surface area contributed by atoms with Crippen LogP contribution in [0.15, 0.2) is 18.2 Å². The molecule has 2 unspecified atom stereocenters. The van der Waals surface area contributed by atoms with Crippen molar-refractivity contribution in [2.75, 3.05) is 18.9 Å². The lowest BCUT2D eigenvalue weighted by Gasteiger charge is -2.19. The van der Waals surface area contributed by atoms with Crippen LogP contribution >= 0.6 is 11.6 Å². The van der Waals surface area contributed by atoms with E-state index >= 15 is 0 Å². The lowest BCUT2D eigenvalue weighted by molar-refractivity contribution is 0.0922. The van der Waals surface area contributed by atoms with E-state index in [0.717, 1.165) is 13.0 Å². The Labute approximate surface area is 111 Å². The summed E-state index contributed by atoms with van der Waals surface area (Å²) in [6.45, 7) is 3.48. The second-order valence-electron chi connectivity index (χ2n) is 4.62. The minimum atomic E-state index is -0.128. The number of ether oxygens (including phenoxy) is 1. The molecule has 2 rings (SSSR count). The van der Waals surface area contributed by atoms with Crippen molar-refractivity contribution in [1.29, 1.82) is 0 Å². The summed E-state index contributed by atoms with van der Waals surface area (Å²) < 4.78 is 5.31. The molecular weight excluding hydrogens is 252 g/mol. The van der Waals surface area contributed by atoms with Gasteiger partial charge in [0.15, 0.2) is 0 Å². The summed E-state index contributed by atoms with van der Waals surface area (Å²) in [5.41, 5.74) is 6.61. The predicted octanol–water partition coefficient (Wildman–Crippen LogP) is 2.08. The minimum absolute atomic E-state index is 0.0938. The highest BCUT2D eigenvalue weighted by atomic mass is 35.5. The second kappa shape index (κ2) is 5.59. The van der Waals surface area contributed by atoms with Crippen molar-refractivity contribution in [3.63, 3.8) is 0 Å². The minimum Gasteiger partial charge on any atom is -0.398 e. The van der Waals surface area contributed by atoms with Crippen molar-refractivity contribution in [2.24, 2.45) is 5.92 Å². The molecule has 1 aliphatic rings. The molecule has 0 bridgehead atoms. The first kappa shape index (κ1) is 13.2. The molecule has 1 aliphatic heterocycles. The predicted molar refractivity (Wildman–Crippen MR) is 71.7 cm³/mol. The zero-order valence-corrected chi connectivity index (χ0v) is 11.0. The van der Waals surface area contributed by atoms with E-state index in [4.69, 9.17) is 22.1 Å². The number of carbonyl (C=O) groups excluding carboxylic acids is 1. The fraction of sp³-hybridized carbons (Fsp3) is 0.462. The number of amides is 1. The molecule has 98 valence electrons. The first-order chi connectivity index (χ1) is 8.58. The van der Waals surface area contributed by atoms with Gasteiger partial charge in [0.2, 0.25) is 0 Å². The van der Waals surface area contributed by atoms with Crippen molar-refractivity contribution in [3.8, 4) is 0 Å². The molecule has 2 atom stereocenters. The van der Waals surface area contributed by atoms with Crippen LogP contribution in [0.3, 0.4) is 0 Å². The molecule has 0 spiro atoms. The van der Waals surface area contributed by atoms with Gasteiger partial charge in [-0.1, -0.05) is 11.6 Å². The fourth-order valence-electron chi connectivity index (χ4n) is 2.02. The lowest BCUT2D eigenvalue weighted by Crippen LogP contribution is -2.38. The SMILES string of the molecule is CC(NC(=O)c1ccc(N)c(Cl)c1)C1CCOC1. The normalized spacial score (nSPS) is 20.7. The Hall–Kier alpha value is -1.26. The van der Waals surface area contributed by atoms with Gasteiger partial charge in [-0.2, -0.15) is 0 Å². The number of hydrogen-bond acceptors (Lipinski definition) is 3. The zero-order valence-electron chi connectivity index (χ0n) is 10.3. The first-order valence-electron chi connectivity index (χ1n) is 6.01. The second-order valence-corrected chi connectivity index (χ2v) is 5.03. The number of hydrogen-bond donors (Lipinski definition) is 2. The third kappa shape index (κ3) is 2.94. The van der Waals surface area contributed by atoms with E-state index in [1.54, 1.807) is 18.2 Å². The molecule has 18 heavy (non-hydrogen) atoms. The number of nitrogens with two attached hydrogens (primary N) is 1. The molecule has 4 nitrogen and oxygen atoms in total. The maximum absolute atomic E-state index is 12.0. The largest absolute Gasteiger partial charge is 0.398 e. The van der Waals surface area contributed by atoms with E-state index in [0.29, 0.717) is 28.8 Å². The monoisotopic (exact) mass is 268 g/mol. The molecule has 1 saturated heterocycles. The Bertz CT molecular complexity index is 445. The summed E-state index contributed by atoms with van der Waals surface area (Å²) in [5.74, 6) is 0.259. The molecule has 0 aromatic heterocycles. The maximum Gasteiger partial charge on any atom is 0.251 e. The molecule has 1 heterocycles. The van der Waals surface area contributed by atoms with Gasteiger partial charge in [-0.3, -0.25) is 4.79 Å². The highest BCUT2D eigenvalue weighted by Gasteiger charge is 2.23. The van der Waals surface area contributed by atoms with Gasteiger partial charge in [0.25, 0.3) is 5.91 Å². The van der Waals surface area contributed by atoms with Crippen LogP contribution in [0.2, 0.25) is 5.02 Å². The van der Waals surface area contributed by atoms with Crippen molar-refractivity contribution in [1.82, 2.24) is 5.32 Å². The Morgan fingerprint density at radius 2 is 2.39 bits per heavy atom. The molecule has 1 fully saturated rings. The smallest absolute Gasteiger partial charge is 0.251 e. The van der Waals surface area contributed by atoms with Gasteiger partial charge in [-0.15, -0.1) is 0 Å². The Balaban J connectivity index is 2.00. The van der Waals surface area contributed by atoms with Crippen LogP contribution in [0.25, 0.3) is 0 Å². The molecule has 5 heteroatoms. The molecule has 1 aromatic rings. The maximum atomic E-state index is 12.0. The van der Waals surface area contributed by atoms with E-state index in [-0.39, 0.29) is 11.9 Å². The first-order valence-corrected chi connectivity index (χ1v) is 6.39. The Morgan fingerprint density at radius 1 is 1.61 bits per heavy atom. The van der Waals surface area contributed by atoms with Gasteiger partial charge in [0, 0.05) is 24.1 Å². The van der Waals surface area contributed by atoms with Crippen LogP contribution in [-0.4, -0.2) is 25.2 Å². The number of benzene rings is 1. The third-order valence-electron chi connectivity index (χ3n) is 3.29. The zero-order chi connectivity index (χ0) is 13.1. The van der Waals surface area contributed by atoms with Crippen molar-refractivity contribution >= 4 is 23.2 Å². The van der Waals surface area contributed by atoms with E-state index in [9.17, 15) is 4.79 Å². The number of nitrogens with one attached hydrogen (secondary N) is 1. The standard InChI is InChI=1S/C13H17ClN2O2/c1-8(10-4-5-18-7-10)16-13(17)9-2-3-12(15)11(14)6-9/h2-3,6,8,10H,4-5,7,15H2,1H3,(H,16,17). The summed E-state index contributed by atoms with van der Waals surface area (Å²) in [6, 6.07) is 5.00. The van der Waals surface area contributed by atoms with E-state index in [2.05, 4.69) is 5.32 Å². The number of nitrogen functional groups attached to an aromatic ring is 1. The highest BCUT2D eigenvalue weighted by molar-refractivity contribution is 6.33. The third-order valence-corrected chi connectivity index (χ3v) is 3.62. The van der Waals surface area contributed by atoms with Gasteiger partial charge in [-0.05, 0) is 31.5 Å². The topological polar surface area (TPSA) is 64.4 Å². The van der Waals surface area contributed by atoms with Crippen LogP contribution in [0.5, 0.6) is 0 Å². The summed E-state index contributed by atoms with van der Waals surface area (Å²) in [5, 5.41) is 3.37. The highest BCUT2D eigenvalue weighted by Crippen LogP contribution is 2.20. The fourth-order valence-corrected chi connectivity index (χ4v) is 2.20. The average Bonchev–Trinajstić information content (AvgIpc) is 2.86. The average molecular weight is 269 g/mol. The summed E-state index contributed by atoms with van der Waals surface area (Å²) in [6.07, 6.45) is 0.990. The summed E-state index contributed by atoms with van der Waals surface area (Å²) in [7, 11) is 0. The Kier molecular flexibility index (Phi) is 4.09. The molecule has 3 N–H and O–H groups in total. The van der Waals surface area contributed by atoms with Gasteiger partial charge in [0.05, 0.1) is 17.3 Å². The van der Waals surface area contributed by atoms with E-state index < -0.39 is 0 Å². The van der Waals surface area contributed by atoms with Crippen LogP contribution in [-0.2, 0) is 4.74 Å². The quantitative estimate of drug-likeness (QED) is 0.825. The van der Waals surface area contributed by atoms with Crippen LogP contribution in [0.1, 0.15) is 23.7 Å². The van der Waals surface area contributed by atoms with Gasteiger partial charge in [0.1, 0.15) is 0 Å². The number of carbonyl (C=O) groups is 1. The van der Waals surface area contributed by atoms with Gasteiger partial charge >= 0.3 is 0 Å². The summed E-state index contributed by atoms with van der Waals surface area (Å²) in [4.78, 5) is 12.0. The van der Waals surface area contributed by atoms with Crippen LogP contribution in [0, 0.1) is 5.92 Å². The molecular formula is C13H17ClN2O2. The molecule has 1 amide bonds. The van der Waals surface area contributed by atoms with Crippen LogP contribution < -0.4 is 11.1 Å². The molecule has 0 radical (unpaired) electrons. The van der Waals surface area contributed by atoms with Crippen molar-refractivity contribution in [2.45, 2.75) is 19.4 Å². The number of rotatable bonds is 3. The number of anilines is 1. The summed E-state index contributed by atoms with van der Waals surface area (Å²) >= 11 is 5.90.